The number of hydrogen-bond donors (Lipinski definition) is 3. The van der Waals surface area contributed by atoms with E-state index < -0.39 is 5.91 Å². The van der Waals surface area contributed by atoms with Crippen molar-refractivity contribution in [3.8, 4) is 0 Å². The van der Waals surface area contributed by atoms with Gasteiger partial charge in [-0.05, 0) is 35.4 Å². The maximum Gasteiger partial charge on any atom is 0.267 e. The van der Waals surface area contributed by atoms with Crippen molar-refractivity contribution in [3.63, 3.8) is 0 Å². The average Bonchev–Trinajstić information content (AvgIpc) is 2.52. The van der Waals surface area contributed by atoms with Crippen LogP contribution in [0.1, 0.15) is 11.1 Å². The summed E-state index contributed by atoms with van der Waals surface area (Å²) in [5.74, 6) is -0.561. The van der Waals surface area contributed by atoms with Crippen molar-refractivity contribution in [3.05, 3.63) is 66.0 Å². The van der Waals surface area contributed by atoms with Gasteiger partial charge in [-0.3, -0.25) is 15.0 Å². The lowest BCUT2D eigenvalue weighted by atomic mass is 10.1. The molecule has 0 aliphatic carbocycles. The monoisotopic (exact) mass is 269 g/mol. The Hall–Kier alpha value is -2.66. The number of aromatic nitrogens is 1. The fraction of sp³-hybridized carbons (Fsp3) is 0.0667. The number of nitrogens with zero attached hydrogens (tertiary/aromatic N) is 1. The largest absolute Gasteiger partial charge is 0.380 e. The van der Waals surface area contributed by atoms with Crippen molar-refractivity contribution < 1.29 is 10.0 Å². The van der Waals surface area contributed by atoms with Gasteiger partial charge in [-0.15, -0.1) is 0 Å². The number of para-hydroxylation sites is 1. The first kappa shape index (κ1) is 13.8. The first-order valence-corrected chi connectivity index (χ1v) is 6.13. The summed E-state index contributed by atoms with van der Waals surface area (Å²) in [6.07, 6.45) is 6.40. The summed E-state index contributed by atoms with van der Waals surface area (Å²) >= 11 is 0. The highest BCUT2D eigenvalue weighted by Gasteiger charge is 1.99. The summed E-state index contributed by atoms with van der Waals surface area (Å²) in [7, 11) is 0. The Morgan fingerprint density at radius 1 is 1.20 bits per heavy atom. The molecular formula is C15H15N3O2. The molecule has 0 atom stereocenters. The molecule has 102 valence electrons. The van der Waals surface area contributed by atoms with Gasteiger partial charge in [0.25, 0.3) is 5.91 Å². The van der Waals surface area contributed by atoms with E-state index in [0.29, 0.717) is 6.54 Å². The van der Waals surface area contributed by atoms with E-state index in [1.807, 2.05) is 36.4 Å². The van der Waals surface area contributed by atoms with Crippen molar-refractivity contribution in [1.29, 1.82) is 0 Å². The molecular weight excluding hydrogens is 254 g/mol. The maximum atomic E-state index is 11.0. The Morgan fingerprint density at radius 2 is 1.95 bits per heavy atom. The summed E-state index contributed by atoms with van der Waals surface area (Å²) in [6.45, 7) is 0.666. The molecule has 1 amide bonds. The molecule has 0 aliphatic heterocycles. The van der Waals surface area contributed by atoms with Gasteiger partial charge < -0.3 is 5.32 Å². The summed E-state index contributed by atoms with van der Waals surface area (Å²) in [5.41, 5.74) is 4.45. The highest BCUT2D eigenvalue weighted by atomic mass is 16.5. The van der Waals surface area contributed by atoms with E-state index in [-0.39, 0.29) is 0 Å². The van der Waals surface area contributed by atoms with Crippen molar-refractivity contribution in [1.82, 2.24) is 10.5 Å². The number of anilines is 1. The third kappa shape index (κ3) is 3.93. The van der Waals surface area contributed by atoms with Gasteiger partial charge in [0.1, 0.15) is 0 Å². The number of nitrogens with one attached hydrogen (secondary N) is 2. The second-order valence-corrected chi connectivity index (χ2v) is 4.11. The Labute approximate surface area is 116 Å². The van der Waals surface area contributed by atoms with Gasteiger partial charge >= 0.3 is 0 Å². The number of carbonyl (C=O) groups excluding carboxylic acids is 1. The molecule has 2 rings (SSSR count). The highest BCUT2D eigenvalue weighted by Crippen LogP contribution is 2.17. The lowest BCUT2D eigenvalue weighted by Gasteiger charge is -2.09. The molecule has 0 radical (unpaired) electrons. The molecule has 0 bridgehead atoms. The molecule has 0 fully saturated rings. The minimum Gasteiger partial charge on any atom is -0.380 e. The molecule has 0 spiro atoms. The fourth-order valence-electron chi connectivity index (χ4n) is 1.70. The summed E-state index contributed by atoms with van der Waals surface area (Å²) < 4.78 is 0. The van der Waals surface area contributed by atoms with E-state index in [2.05, 4.69) is 10.3 Å². The normalized spacial score (nSPS) is 10.4. The van der Waals surface area contributed by atoms with E-state index >= 15 is 0 Å². The standard InChI is InChI=1S/C15H15N3O2/c19-15(18-20)6-5-13-3-1-2-4-14(13)17-11-12-7-9-16-10-8-12/h1-10,17,20H,11H2,(H,18,19). The van der Waals surface area contributed by atoms with Crippen LogP contribution < -0.4 is 10.8 Å². The van der Waals surface area contributed by atoms with Gasteiger partial charge in [0.15, 0.2) is 0 Å². The number of hydrogen-bond acceptors (Lipinski definition) is 4. The van der Waals surface area contributed by atoms with Crippen molar-refractivity contribution in [2.75, 3.05) is 5.32 Å². The molecule has 1 aromatic carbocycles. The lowest BCUT2D eigenvalue weighted by Crippen LogP contribution is -2.14. The molecule has 0 saturated heterocycles. The quantitative estimate of drug-likeness (QED) is 0.442. The third-order valence-electron chi connectivity index (χ3n) is 2.72. The van der Waals surface area contributed by atoms with Crippen LogP contribution in [0, 0.1) is 0 Å². The first-order valence-electron chi connectivity index (χ1n) is 6.13. The van der Waals surface area contributed by atoms with Crippen LogP contribution in [0.3, 0.4) is 0 Å². The minimum atomic E-state index is -0.561. The average molecular weight is 269 g/mol. The molecule has 5 heteroatoms. The molecule has 1 aromatic heterocycles. The van der Waals surface area contributed by atoms with Crippen LogP contribution in [0.2, 0.25) is 0 Å². The van der Waals surface area contributed by atoms with Crippen LogP contribution in [-0.2, 0) is 11.3 Å². The lowest BCUT2D eigenvalue weighted by molar-refractivity contribution is -0.124. The zero-order chi connectivity index (χ0) is 14.2. The number of benzene rings is 1. The predicted molar refractivity (Wildman–Crippen MR) is 77.0 cm³/mol. The molecule has 0 aliphatic rings. The third-order valence-corrected chi connectivity index (χ3v) is 2.72. The Bertz CT molecular complexity index is 597. The first-order chi connectivity index (χ1) is 9.79. The van der Waals surface area contributed by atoms with Crippen LogP contribution in [0.15, 0.2) is 54.9 Å². The molecule has 20 heavy (non-hydrogen) atoms. The number of rotatable bonds is 5. The van der Waals surface area contributed by atoms with Gasteiger partial charge in [-0.2, -0.15) is 0 Å². The molecule has 2 aromatic rings. The molecule has 0 saturated carbocycles. The van der Waals surface area contributed by atoms with Gasteiger partial charge in [0.2, 0.25) is 0 Å². The summed E-state index contributed by atoms with van der Waals surface area (Å²) in [5, 5.41) is 11.8. The van der Waals surface area contributed by atoms with E-state index in [4.69, 9.17) is 5.21 Å². The van der Waals surface area contributed by atoms with E-state index in [9.17, 15) is 4.79 Å². The number of amides is 1. The van der Waals surface area contributed by atoms with Crippen LogP contribution in [0.4, 0.5) is 5.69 Å². The van der Waals surface area contributed by atoms with E-state index in [0.717, 1.165) is 16.8 Å². The molecule has 1 heterocycles. The van der Waals surface area contributed by atoms with Gasteiger partial charge in [0, 0.05) is 30.7 Å². The summed E-state index contributed by atoms with van der Waals surface area (Å²) in [4.78, 5) is 15.0. The molecule has 0 unspecified atom stereocenters. The predicted octanol–water partition coefficient (Wildman–Crippen LogP) is 2.21. The molecule has 5 nitrogen and oxygen atoms in total. The van der Waals surface area contributed by atoms with Crippen LogP contribution in [-0.4, -0.2) is 16.1 Å². The second kappa shape index (κ2) is 7.06. The van der Waals surface area contributed by atoms with Crippen LogP contribution in [0.5, 0.6) is 0 Å². The fourth-order valence-corrected chi connectivity index (χ4v) is 1.70. The summed E-state index contributed by atoms with van der Waals surface area (Å²) in [6, 6.07) is 11.5. The zero-order valence-electron chi connectivity index (χ0n) is 10.8. The Morgan fingerprint density at radius 3 is 2.70 bits per heavy atom. The maximum absolute atomic E-state index is 11.0. The van der Waals surface area contributed by atoms with Gasteiger partial charge in [0.05, 0.1) is 0 Å². The minimum absolute atomic E-state index is 0.561. The van der Waals surface area contributed by atoms with Crippen LogP contribution in [0.25, 0.3) is 6.08 Å². The second-order valence-electron chi connectivity index (χ2n) is 4.11. The SMILES string of the molecule is O=C(C=Cc1ccccc1NCc1ccncc1)NO. The molecule has 3 N–H and O–H groups in total. The van der Waals surface area contributed by atoms with Gasteiger partial charge in [-0.25, -0.2) is 5.48 Å². The smallest absolute Gasteiger partial charge is 0.267 e. The Balaban J connectivity index is 2.08. The van der Waals surface area contributed by atoms with Crippen molar-refractivity contribution in [2.45, 2.75) is 6.54 Å². The zero-order valence-corrected chi connectivity index (χ0v) is 10.8. The number of carbonyl (C=O) groups is 1. The van der Waals surface area contributed by atoms with E-state index in [1.54, 1.807) is 23.9 Å². The topological polar surface area (TPSA) is 74.2 Å². The van der Waals surface area contributed by atoms with Gasteiger partial charge in [-0.1, -0.05) is 18.2 Å². The van der Waals surface area contributed by atoms with Crippen LogP contribution >= 0.6 is 0 Å². The number of pyridine rings is 1. The Kier molecular flexibility index (Phi) is 4.86. The van der Waals surface area contributed by atoms with Crippen molar-refractivity contribution >= 4 is 17.7 Å². The van der Waals surface area contributed by atoms with Crippen molar-refractivity contribution in [2.24, 2.45) is 0 Å². The highest BCUT2D eigenvalue weighted by molar-refractivity contribution is 5.91. The number of hydroxylamine groups is 1. The van der Waals surface area contributed by atoms with E-state index in [1.165, 1.54) is 6.08 Å².